The number of carbonyl (C=O) groups is 1. The van der Waals surface area contributed by atoms with Crippen LogP contribution in [-0.2, 0) is 0 Å². The summed E-state index contributed by atoms with van der Waals surface area (Å²) in [7, 11) is 3.12. The molecule has 100 valence electrons. The Morgan fingerprint density at radius 2 is 1.95 bits per heavy atom. The minimum absolute atomic E-state index is 0.158. The summed E-state index contributed by atoms with van der Waals surface area (Å²) in [5.41, 5.74) is 1.27. The highest BCUT2D eigenvalue weighted by Crippen LogP contribution is 2.30. The molecule has 1 amide bonds. The Hall–Kier alpha value is -1.53. The Kier molecular flexibility index (Phi) is 4.44. The molecule has 4 nitrogen and oxygen atoms in total. The lowest BCUT2D eigenvalue weighted by atomic mass is 10.2. The van der Waals surface area contributed by atoms with Crippen LogP contribution in [0, 0.1) is 0 Å². The van der Waals surface area contributed by atoms with Crippen molar-refractivity contribution < 1.29 is 14.3 Å². The number of halogens is 1. The molecule has 0 radical (unpaired) electrons. The van der Waals surface area contributed by atoms with E-state index >= 15 is 0 Å². The Balaban J connectivity index is 2.17. The minimum atomic E-state index is -0.158. The number of carbonyl (C=O) groups excluding carboxylic acids is 1. The summed E-state index contributed by atoms with van der Waals surface area (Å²) in [5, 5.41) is 4.60. The normalized spacial score (nSPS) is 10.1. The zero-order valence-corrected chi connectivity index (χ0v) is 12.8. The maximum atomic E-state index is 12.0. The van der Waals surface area contributed by atoms with Crippen molar-refractivity contribution in [1.29, 1.82) is 0 Å². The zero-order chi connectivity index (χ0) is 13.8. The molecule has 2 rings (SSSR count). The molecule has 0 atom stereocenters. The Morgan fingerprint density at radius 1 is 1.21 bits per heavy atom. The Bertz CT molecular complexity index is 597. The van der Waals surface area contributed by atoms with Crippen molar-refractivity contribution in [3.8, 4) is 11.5 Å². The van der Waals surface area contributed by atoms with E-state index in [0.717, 1.165) is 3.79 Å². The van der Waals surface area contributed by atoms with Crippen LogP contribution in [0.5, 0.6) is 11.5 Å². The topological polar surface area (TPSA) is 47.6 Å². The van der Waals surface area contributed by atoms with Crippen LogP contribution in [0.3, 0.4) is 0 Å². The van der Waals surface area contributed by atoms with Gasteiger partial charge in [-0.25, -0.2) is 0 Å². The van der Waals surface area contributed by atoms with Gasteiger partial charge in [0.1, 0.15) is 0 Å². The number of thiophene rings is 1. The van der Waals surface area contributed by atoms with Crippen LogP contribution >= 0.6 is 27.3 Å². The number of rotatable bonds is 4. The number of methoxy groups -OCH3 is 2. The number of anilines is 1. The number of hydrogen-bond donors (Lipinski definition) is 1. The number of nitrogens with one attached hydrogen (secondary N) is 1. The lowest BCUT2D eigenvalue weighted by Crippen LogP contribution is -2.10. The van der Waals surface area contributed by atoms with E-state index in [9.17, 15) is 4.79 Å². The third-order valence-electron chi connectivity index (χ3n) is 2.47. The lowest BCUT2D eigenvalue weighted by molar-refractivity contribution is 0.102. The lowest BCUT2D eigenvalue weighted by Gasteiger charge is -2.10. The van der Waals surface area contributed by atoms with Crippen LogP contribution < -0.4 is 14.8 Å². The van der Waals surface area contributed by atoms with E-state index in [1.807, 2.05) is 0 Å². The second-order valence-electron chi connectivity index (χ2n) is 3.66. The quantitative estimate of drug-likeness (QED) is 0.920. The number of amides is 1. The van der Waals surface area contributed by atoms with Crippen molar-refractivity contribution in [2.24, 2.45) is 0 Å². The highest BCUT2D eigenvalue weighted by Gasteiger charge is 2.10. The molecule has 0 bridgehead atoms. The first kappa shape index (κ1) is 13.9. The first-order chi connectivity index (χ1) is 9.13. The van der Waals surface area contributed by atoms with Crippen LogP contribution in [0.2, 0.25) is 0 Å². The van der Waals surface area contributed by atoms with Crippen LogP contribution in [0.15, 0.2) is 33.4 Å². The molecule has 0 saturated heterocycles. The zero-order valence-electron chi connectivity index (χ0n) is 10.4. The molecule has 0 fully saturated rings. The summed E-state index contributed by atoms with van der Waals surface area (Å²) in [6.45, 7) is 0. The molecular weight excluding hydrogens is 330 g/mol. The van der Waals surface area contributed by atoms with Crippen molar-refractivity contribution in [1.82, 2.24) is 0 Å². The van der Waals surface area contributed by atoms with E-state index in [0.29, 0.717) is 22.7 Å². The van der Waals surface area contributed by atoms with Crippen LogP contribution in [0.1, 0.15) is 10.4 Å². The fourth-order valence-electron chi connectivity index (χ4n) is 1.55. The summed E-state index contributed by atoms with van der Waals surface area (Å²) >= 11 is 4.80. The molecule has 6 heteroatoms. The monoisotopic (exact) mass is 341 g/mol. The molecule has 2 aromatic rings. The SMILES string of the molecule is COc1ccc(NC(=O)c2csc(Br)c2)cc1OC. The van der Waals surface area contributed by atoms with Gasteiger partial charge in [-0.2, -0.15) is 0 Å². The second-order valence-corrected chi connectivity index (χ2v) is 5.95. The van der Waals surface area contributed by atoms with Crippen LogP contribution in [0.25, 0.3) is 0 Å². The van der Waals surface area contributed by atoms with Gasteiger partial charge < -0.3 is 14.8 Å². The van der Waals surface area contributed by atoms with E-state index in [4.69, 9.17) is 9.47 Å². The third kappa shape index (κ3) is 3.27. The molecule has 0 spiro atoms. The molecule has 0 aliphatic heterocycles. The van der Waals surface area contributed by atoms with Crippen molar-refractivity contribution >= 4 is 38.9 Å². The molecule has 0 aliphatic rings. The van der Waals surface area contributed by atoms with Gasteiger partial charge in [-0.1, -0.05) is 0 Å². The van der Waals surface area contributed by atoms with Crippen molar-refractivity contribution in [3.05, 3.63) is 39.0 Å². The molecular formula is C13H12BrNO3S. The molecule has 1 N–H and O–H groups in total. The summed E-state index contributed by atoms with van der Waals surface area (Å²) in [5.74, 6) is 1.04. The van der Waals surface area contributed by atoms with E-state index in [-0.39, 0.29) is 5.91 Å². The number of ether oxygens (including phenoxy) is 2. The molecule has 1 aromatic heterocycles. The molecule has 0 saturated carbocycles. The van der Waals surface area contributed by atoms with Gasteiger partial charge >= 0.3 is 0 Å². The van der Waals surface area contributed by atoms with Crippen LogP contribution in [-0.4, -0.2) is 20.1 Å². The Morgan fingerprint density at radius 3 is 2.53 bits per heavy atom. The standard InChI is InChI=1S/C13H12BrNO3S/c1-17-10-4-3-9(6-11(10)18-2)15-13(16)8-5-12(14)19-7-8/h3-7H,1-2H3,(H,15,16). The van der Waals surface area contributed by atoms with Crippen LogP contribution in [0.4, 0.5) is 5.69 Å². The van der Waals surface area contributed by atoms with E-state index in [1.165, 1.54) is 11.3 Å². The maximum Gasteiger partial charge on any atom is 0.256 e. The first-order valence-corrected chi connectivity index (χ1v) is 7.08. The van der Waals surface area contributed by atoms with E-state index in [2.05, 4.69) is 21.2 Å². The average Bonchev–Trinajstić information content (AvgIpc) is 2.85. The van der Waals surface area contributed by atoms with Gasteiger partial charge in [0.05, 0.1) is 23.6 Å². The van der Waals surface area contributed by atoms with Gasteiger partial charge in [0.2, 0.25) is 0 Å². The summed E-state index contributed by atoms with van der Waals surface area (Å²) < 4.78 is 11.2. The van der Waals surface area contributed by atoms with Gasteiger partial charge in [0.15, 0.2) is 11.5 Å². The molecule has 0 unspecified atom stereocenters. The van der Waals surface area contributed by atoms with E-state index < -0.39 is 0 Å². The number of hydrogen-bond acceptors (Lipinski definition) is 4. The summed E-state index contributed by atoms with van der Waals surface area (Å²) in [4.78, 5) is 12.0. The largest absolute Gasteiger partial charge is 0.493 e. The summed E-state index contributed by atoms with van der Waals surface area (Å²) in [6.07, 6.45) is 0. The first-order valence-electron chi connectivity index (χ1n) is 5.41. The van der Waals surface area contributed by atoms with Gasteiger partial charge in [-0.15, -0.1) is 11.3 Å². The fourth-order valence-corrected chi connectivity index (χ4v) is 2.68. The maximum absolute atomic E-state index is 12.0. The van der Waals surface area contributed by atoms with E-state index in [1.54, 1.807) is 43.9 Å². The predicted octanol–water partition coefficient (Wildman–Crippen LogP) is 3.78. The third-order valence-corrected chi connectivity index (χ3v) is 3.98. The van der Waals surface area contributed by atoms with Gasteiger partial charge in [0, 0.05) is 17.1 Å². The minimum Gasteiger partial charge on any atom is -0.493 e. The smallest absolute Gasteiger partial charge is 0.256 e. The molecule has 1 aromatic carbocycles. The van der Waals surface area contributed by atoms with Gasteiger partial charge in [0.25, 0.3) is 5.91 Å². The highest BCUT2D eigenvalue weighted by atomic mass is 79.9. The summed E-state index contributed by atoms with van der Waals surface area (Å²) in [6, 6.07) is 7.01. The van der Waals surface area contributed by atoms with Crippen molar-refractivity contribution in [3.63, 3.8) is 0 Å². The fraction of sp³-hybridized carbons (Fsp3) is 0.154. The molecule has 1 heterocycles. The number of benzene rings is 1. The van der Waals surface area contributed by atoms with Gasteiger partial charge in [-0.05, 0) is 34.1 Å². The van der Waals surface area contributed by atoms with Gasteiger partial charge in [-0.3, -0.25) is 4.79 Å². The Labute approximate surface area is 123 Å². The second kappa shape index (κ2) is 6.08. The van der Waals surface area contributed by atoms with Crippen molar-refractivity contribution in [2.75, 3.05) is 19.5 Å². The predicted molar refractivity (Wildman–Crippen MR) is 79.5 cm³/mol. The molecule has 0 aliphatic carbocycles. The molecule has 19 heavy (non-hydrogen) atoms. The average molecular weight is 342 g/mol. The highest BCUT2D eigenvalue weighted by molar-refractivity contribution is 9.11. The van der Waals surface area contributed by atoms with Crippen molar-refractivity contribution in [2.45, 2.75) is 0 Å².